The number of imidazole rings is 1. The highest BCUT2D eigenvalue weighted by Crippen LogP contribution is 2.31. The first kappa shape index (κ1) is 22.9. The maximum absolute atomic E-state index is 12.6. The molecule has 0 saturated heterocycles. The Morgan fingerprint density at radius 2 is 1.75 bits per heavy atom. The molecule has 0 atom stereocenters. The average Bonchev–Trinajstić information content (AvgIpc) is 3.53. The zero-order chi connectivity index (χ0) is 25.1. The Bertz CT molecular complexity index is 1540. The number of nitrogens with one attached hydrogen (secondary N) is 1. The molecule has 0 aliphatic carbocycles. The van der Waals surface area contributed by atoms with Crippen LogP contribution in [0.15, 0.2) is 66.7 Å². The SMILES string of the molecule is CCOc1nc2cccc(C(=O)OC(C)=O)c2n1Cc1ccc(-c2ccccc2-c2nnn[nH]2)cc1. The Morgan fingerprint density at radius 3 is 2.44 bits per heavy atom. The van der Waals surface area contributed by atoms with Crippen molar-refractivity contribution in [3.8, 4) is 28.5 Å². The van der Waals surface area contributed by atoms with E-state index in [4.69, 9.17) is 9.47 Å². The second-order valence-electron chi connectivity index (χ2n) is 7.96. The fraction of sp³-hybridized carbons (Fsp3) is 0.154. The number of carbonyl (C=O) groups is 2. The molecule has 5 rings (SSSR count). The smallest absolute Gasteiger partial charge is 0.347 e. The first-order valence-electron chi connectivity index (χ1n) is 11.3. The number of para-hydroxylation sites is 1. The summed E-state index contributed by atoms with van der Waals surface area (Å²) in [5.74, 6) is -0.817. The molecule has 1 N–H and O–H groups in total. The first-order chi connectivity index (χ1) is 17.5. The van der Waals surface area contributed by atoms with Crippen molar-refractivity contribution in [2.24, 2.45) is 0 Å². The summed E-state index contributed by atoms with van der Waals surface area (Å²) in [6.07, 6.45) is 0. The van der Waals surface area contributed by atoms with Gasteiger partial charge in [-0.2, -0.15) is 4.98 Å². The van der Waals surface area contributed by atoms with Gasteiger partial charge in [-0.05, 0) is 46.2 Å². The largest absolute Gasteiger partial charge is 0.465 e. The number of fused-ring (bicyclic) bond motifs is 1. The number of H-pyrrole nitrogens is 1. The molecule has 36 heavy (non-hydrogen) atoms. The van der Waals surface area contributed by atoms with Gasteiger partial charge in [0.2, 0.25) is 0 Å². The van der Waals surface area contributed by atoms with Crippen LogP contribution in [0.2, 0.25) is 0 Å². The first-order valence-corrected chi connectivity index (χ1v) is 11.3. The van der Waals surface area contributed by atoms with Crippen LogP contribution in [0.1, 0.15) is 29.8 Å². The predicted molar refractivity (Wildman–Crippen MR) is 131 cm³/mol. The monoisotopic (exact) mass is 482 g/mol. The Labute approximate surface area is 205 Å². The second-order valence-corrected chi connectivity index (χ2v) is 7.96. The minimum absolute atomic E-state index is 0.243. The number of benzene rings is 3. The Morgan fingerprint density at radius 1 is 0.972 bits per heavy atom. The lowest BCUT2D eigenvalue weighted by Gasteiger charge is -2.12. The molecule has 0 amide bonds. The van der Waals surface area contributed by atoms with Crippen molar-refractivity contribution in [1.82, 2.24) is 30.2 Å². The van der Waals surface area contributed by atoms with Crippen LogP contribution in [-0.4, -0.2) is 48.7 Å². The minimum atomic E-state index is -0.730. The van der Waals surface area contributed by atoms with Crippen LogP contribution >= 0.6 is 0 Å². The van der Waals surface area contributed by atoms with Crippen LogP contribution in [0.5, 0.6) is 6.01 Å². The van der Waals surface area contributed by atoms with Crippen LogP contribution in [0.4, 0.5) is 0 Å². The van der Waals surface area contributed by atoms with Crippen LogP contribution in [0.25, 0.3) is 33.5 Å². The lowest BCUT2D eigenvalue weighted by molar-refractivity contribution is -0.135. The maximum atomic E-state index is 12.6. The molecule has 0 bridgehead atoms. The van der Waals surface area contributed by atoms with E-state index in [1.165, 1.54) is 6.92 Å². The lowest BCUT2D eigenvalue weighted by atomic mass is 9.98. The van der Waals surface area contributed by atoms with Crippen LogP contribution in [-0.2, 0) is 16.1 Å². The molecule has 0 saturated carbocycles. The fourth-order valence-corrected chi connectivity index (χ4v) is 4.09. The van der Waals surface area contributed by atoms with Crippen molar-refractivity contribution in [1.29, 1.82) is 0 Å². The Kier molecular flexibility index (Phi) is 6.23. The standard InChI is InChI=1S/C26H22N6O4/c1-3-35-26-27-22-10-6-9-21(25(34)36-16(2)33)23(22)32(26)15-17-11-13-18(14-12-17)19-7-4-5-8-20(19)24-28-30-31-29-24/h4-14H,3,15H2,1-2H3,(H,28,29,30,31). The molecular formula is C26H22N6O4. The van der Waals surface area contributed by atoms with Gasteiger partial charge in [0.05, 0.1) is 29.7 Å². The number of rotatable bonds is 7. The Balaban J connectivity index is 1.52. The van der Waals surface area contributed by atoms with Crippen molar-refractivity contribution in [3.63, 3.8) is 0 Å². The summed E-state index contributed by atoms with van der Waals surface area (Å²) in [4.78, 5) is 28.6. The molecule has 2 aromatic heterocycles. The van der Waals surface area contributed by atoms with Gasteiger partial charge in [-0.1, -0.05) is 54.6 Å². The zero-order valence-electron chi connectivity index (χ0n) is 19.6. The zero-order valence-corrected chi connectivity index (χ0v) is 19.6. The van der Waals surface area contributed by atoms with Gasteiger partial charge in [-0.3, -0.25) is 9.36 Å². The van der Waals surface area contributed by atoms with Crippen LogP contribution in [0, 0.1) is 0 Å². The van der Waals surface area contributed by atoms with E-state index in [0.29, 0.717) is 36.0 Å². The molecular weight excluding hydrogens is 460 g/mol. The van der Waals surface area contributed by atoms with Crippen LogP contribution in [0.3, 0.4) is 0 Å². The molecule has 180 valence electrons. The van der Waals surface area contributed by atoms with Gasteiger partial charge in [0.15, 0.2) is 5.82 Å². The molecule has 0 unspecified atom stereocenters. The highest BCUT2D eigenvalue weighted by atomic mass is 16.6. The molecule has 0 fully saturated rings. The van der Waals surface area contributed by atoms with E-state index in [-0.39, 0.29) is 5.56 Å². The topological polar surface area (TPSA) is 125 Å². The van der Waals surface area contributed by atoms with Gasteiger partial charge < -0.3 is 9.47 Å². The molecule has 5 aromatic rings. The number of carbonyl (C=O) groups excluding carboxylic acids is 2. The normalized spacial score (nSPS) is 10.9. The van der Waals surface area contributed by atoms with E-state index < -0.39 is 11.9 Å². The number of hydrogen-bond acceptors (Lipinski definition) is 8. The number of ether oxygens (including phenoxy) is 2. The Hall–Kier alpha value is -4.86. The summed E-state index contributed by atoms with van der Waals surface area (Å²) in [5.41, 5.74) is 5.20. The van der Waals surface area contributed by atoms with Crippen LogP contribution < -0.4 is 4.74 Å². The highest BCUT2D eigenvalue weighted by Gasteiger charge is 2.21. The molecule has 0 radical (unpaired) electrons. The number of aromatic amines is 1. The van der Waals surface area contributed by atoms with E-state index >= 15 is 0 Å². The van der Waals surface area contributed by atoms with E-state index in [2.05, 4.69) is 25.6 Å². The van der Waals surface area contributed by atoms with Gasteiger partial charge in [0.1, 0.15) is 0 Å². The van der Waals surface area contributed by atoms with E-state index in [1.807, 2.05) is 60.0 Å². The molecule has 10 nitrogen and oxygen atoms in total. The summed E-state index contributed by atoms with van der Waals surface area (Å²) in [5, 5.41) is 14.2. The van der Waals surface area contributed by atoms with Gasteiger partial charge in [-0.25, -0.2) is 9.89 Å². The van der Waals surface area contributed by atoms with Crippen molar-refractivity contribution < 1.29 is 19.1 Å². The lowest BCUT2D eigenvalue weighted by Crippen LogP contribution is -2.12. The van der Waals surface area contributed by atoms with Gasteiger partial charge in [0.25, 0.3) is 6.01 Å². The quantitative estimate of drug-likeness (QED) is 0.272. The third kappa shape index (κ3) is 4.43. The second kappa shape index (κ2) is 9.79. The number of aromatic nitrogens is 6. The van der Waals surface area contributed by atoms with Gasteiger partial charge >= 0.3 is 11.9 Å². The number of esters is 2. The summed E-state index contributed by atoms with van der Waals surface area (Å²) < 4.78 is 12.4. The molecule has 0 spiro atoms. The molecule has 10 heteroatoms. The van der Waals surface area contributed by atoms with E-state index in [1.54, 1.807) is 18.2 Å². The summed E-state index contributed by atoms with van der Waals surface area (Å²) in [7, 11) is 0. The van der Waals surface area contributed by atoms with Gasteiger partial charge in [0, 0.05) is 12.5 Å². The number of nitrogens with zero attached hydrogens (tertiary/aromatic N) is 5. The minimum Gasteiger partial charge on any atom is -0.465 e. The number of hydrogen-bond donors (Lipinski definition) is 1. The predicted octanol–water partition coefficient (Wildman–Crippen LogP) is 4.03. The van der Waals surface area contributed by atoms with Crippen molar-refractivity contribution >= 4 is 23.0 Å². The van der Waals surface area contributed by atoms with Crippen molar-refractivity contribution in [2.45, 2.75) is 20.4 Å². The summed E-state index contributed by atoms with van der Waals surface area (Å²) in [6, 6.07) is 21.4. The average molecular weight is 483 g/mol. The molecule has 0 aliphatic heterocycles. The fourth-order valence-electron chi connectivity index (χ4n) is 4.09. The van der Waals surface area contributed by atoms with Crippen molar-refractivity contribution in [3.05, 3.63) is 77.9 Å². The van der Waals surface area contributed by atoms with E-state index in [0.717, 1.165) is 22.3 Å². The molecule has 3 aromatic carbocycles. The van der Waals surface area contributed by atoms with Crippen molar-refractivity contribution in [2.75, 3.05) is 6.61 Å². The highest BCUT2D eigenvalue weighted by molar-refractivity contribution is 6.05. The number of tetrazole rings is 1. The molecule has 0 aliphatic rings. The summed E-state index contributed by atoms with van der Waals surface area (Å²) >= 11 is 0. The maximum Gasteiger partial charge on any atom is 0.347 e. The third-order valence-electron chi connectivity index (χ3n) is 5.59. The van der Waals surface area contributed by atoms with Gasteiger partial charge in [-0.15, -0.1) is 5.10 Å². The molecule has 2 heterocycles. The summed E-state index contributed by atoms with van der Waals surface area (Å²) in [6.45, 7) is 3.86. The van der Waals surface area contributed by atoms with E-state index in [9.17, 15) is 9.59 Å². The third-order valence-corrected chi connectivity index (χ3v) is 5.59.